The molecule has 3 rings (SSSR count). The van der Waals surface area contributed by atoms with Crippen molar-refractivity contribution in [2.75, 3.05) is 16.4 Å². The molecule has 6 heteroatoms. The van der Waals surface area contributed by atoms with Crippen LogP contribution in [0, 0.1) is 22.9 Å². The number of nitrogens with one attached hydrogen (secondary N) is 2. The molecule has 0 spiro atoms. The van der Waals surface area contributed by atoms with Crippen molar-refractivity contribution in [3.63, 3.8) is 0 Å². The summed E-state index contributed by atoms with van der Waals surface area (Å²) < 4.78 is 4.36. The molecule has 112 valence electrons. The van der Waals surface area contributed by atoms with Crippen LogP contribution < -0.4 is 10.6 Å². The summed E-state index contributed by atoms with van der Waals surface area (Å²) in [5.74, 6) is 0.822. The van der Waals surface area contributed by atoms with Gasteiger partial charge in [0, 0.05) is 23.3 Å². The van der Waals surface area contributed by atoms with Crippen LogP contribution in [0.15, 0.2) is 52.9 Å². The molecule has 0 saturated heterocycles. The second-order valence-electron chi connectivity index (χ2n) is 5.11. The molecule has 1 heterocycles. The van der Waals surface area contributed by atoms with Gasteiger partial charge in [-0.25, -0.2) is 4.40 Å². The first-order chi connectivity index (χ1) is 11.3. The zero-order chi connectivity index (χ0) is 16.1. The predicted molar refractivity (Wildman–Crippen MR) is 93.1 cm³/mol. The van der Waals surface area contributed by atoms with Crippen LogP contribution in [0.1, 0.15) is 11.1 Å². The van der Waals surface area contributed by atoms with Crippen molar-refractivity contribution >= 4 is 29.5 Å². The van der Waals surface area contributed by atoms with Crippen molar-refractivity contribution in [2.45, 2.75) is 5.41 Å². The van der Waals surface area contributed by atoms with E-state index >= 15 is 0 Å². The Hall–Kier alpha value is -2.96. The third kappa shape index (κ3) is 2.85. The first kappa shape index (κ1) is 15.0. The summed E-state index contributed by atoms with van der Waals surface area (Å²) in [5.41, 5.74) is 3.48. The molecule has 0 radical (unpaired) electrons. The minimum absolute atomic E-state index is 0.291. The van der Waals surface area contributed by atoms with E-state index in [0.29, 0.717) is 0 Å². The topological polar surface area (TPSA) is 84.0 Å². The average Bonchev–Trinajstić information content (AvgIpc) is 3.08. The van der Waals surface area contributed by atoms with Crippen LogP contribution in [-0.4, -0.2) is 12.0 Å². The van der Waals surface area contributed by atoms with Gasteiger partial charge in [-0.2, -0.15) is 10.5 Å². The number of benzene rings is 2. The Morgan fingerprint density at radius 2 is 1.35 bits per heavy atom. The lowest BCUT2D eigenvalue weighted by molar-refractivity contribution is 0.817. The SMILES string of the molecule is N#CNc1ccc(C2(c3ccc(NC#N)cc3)C=NSC2)cc1. The fourth-order valence-electron chi connectivity index (χ4n) is 2.62. The fraction of sp³-hybridized carbons (Fsp3) is 0.118. The normalized spacial score (nSPS) is 14.7. The standard InChI is InChI=1S/C17H13N5S/c18-11-20-15-5-1-13(2-6-15)17(9-22-23-10-17)14-3-7-16(8-4-14)21-12-19/h1-9,20-21H,10H2. The zero-order valence-corrected chi connectivity index (χ0v) is 13.0. The van der Waals surface area contributed by atoms with Gasteiger partial charge in [0.15, 0.2) is 12.4 Å². The Balaban J connectivity index is 1.98. The number of hydrogen-bond donors (Lipinski definition) is 2. The van der Waals surface area contributed by atoms with Crippen molar-refractivity contribution in [1.82, 2.24) is 0 Å². The van der Waals surface area contributed by atoms with E-state index in [-0.39, 0.29) is 5.41 Å². The summed E-state index contributed by atoms with van der Waals surface area (Å²) in [6.07, 6.45) is 5.81. The zero-order valence-electron chi connectivity index (χ0n) is 12.2. The maximum atomic E-state index is 8.68. The number of rotatable bonds is 4. The largest absolute Gasteiger partial charge is 0.293 e. The van der Waals surface area contributed by atoms with Crippen molar-refractivity contribution < 1.29 is 0 Å². The van der Waals surface area contributed by atoms with Crippen LogP contribution >= 0.6 is 11.9 Å². The van der Waals surface area contributed by atoms with Gasteiger partial charge in [0.2, 0.25) is 0 Å². The minimum atomic E-state index is -0.291. The highest BCUT2D eigenvalue weighted by Crippen LogP contribution is 2.39. The Morgan fingerprint density at radius 1 is 0.870 bits per heavy atom. The summed E-state index contributed by atoms with van der Waals surface area (Å²) in [4.78, 5) is 0. The molecule has 2 aromatic rings. The number of anilines is 2. The maximum Gasteiger partial charge on any atom is 0.181 e. The number of hydrogen-bond acceptors (Lipinski definition) is 6. The lowest BCUT2D eigenvalue weighted by Crippen LogP contribution is -2.29. The van der Waals surface area contributed by atoms with Crippen LogP contribution in [0.4, 0.5) is 11.4 Å². The van der Waals surface area contributed by atoms with Gasteiger partial charge in [0.05, 0.1) is 5.41 Å². The Bertz CT molecular complexity index is 737. The van der Waals surface area contributed by atoms with E-state index in [4.69, 9.17) is 10.5 Å². The molecule has 0 aromatic heterocycles. The molecule has 0 unspecified atom stereocenters. The van der Waals surface area contributed by atoms with Gasteiger partial charge in [-0.1, -0.05) is 24.3 Å². The fourth-order valence-corrected chi connectivity index (χ4v) is 3.56. The molecular formula is C17H13N5S. The smallest absolute Gasteiger partial charge is 0.181 e. The third-order valence-corrected chi connectivity index (χ3v) is 4.68. The second-order valence-corrected chi connectivity index (χ2v) is 5.87. The molecule has 0 saturated carbocycles. The van der Waals surface area contributed by atoms with Crippen LogP contribution in [0.3, 0.4) is 0 Å². The van der Waals surface area contributed by atoms with Crippen molar-refractivity contribution in [1.29, 1.82) is 10.5 Å². The summed E-state index contributed by atoms with van der Waals surface area (Å²) >= 11 is 1.53. The van der Waals surface area contributed by atoms with Crippen LogP contribution in [0.5, 0.6) is 0 Å². The summed E-state index contributed by atoms with van der Waals surface area (Å²) in [7, 11) is 0. The van der Waals surface area contributed by atoms with Gasteiger partial charge >= 0.3 is 0 Å². The number of nitrogens with zero attached hydrogens (tertiary/aromatic N) is 3. The van der Waals surface area contributed by atoms with E-state index in [9.17, 15) is 0 Å². The van der Waals surface area contributed by atoms with Gasteiger partial charge in [-0.15, -0.1) is 0 Å². The summed E-state index contributed by atoms with van der Waals surface area (Å²) in [6, 6.07) is 15.6. The molecule has 0 amide bonds. The summed E-state index contributed by atoms with van der Waals surface area (Å²) in [6.45, 7) is 0. The molecule has 1 aliphatic rings. The first-order valence-electron chi connectivity index (χ1n) is 6.96. The molecule has 0 atom stereocenters. The minimum Gasteiger partial charge on any atom is -0.293 e. The van der Waals surface area contributed by atoms with Crippen LogP contribution in [0.25, 0.3) is 0 Å². The maximum absolute atomic E-state index is 8.68. The lowest BCUT2D eigenvalue weighted by Gasteiger charge is -2.27. The molecule has 1 aliphatic heterocycles. The van der Waals surface area contributed by atoms with Gasteiger partial charge < -0.3 is 0 Å². The molecule has 2 aromatic carbocycles. The van der Waals surface area contributed by atoms with E-state index in [0.717, 1.165) is 28.3 Å². The average molecular weight is 319 g/mol. The first-order valence-corrected chi connectivity index (χ1v) is 7.90. The monoisotopic (exact) mass is 319 g/mol. The van der Waals surface area contributed by atoms with Gasteiger partial charge in [0.25, 0.3) is 0 Å². The van der Waals surface area contributed by atoms with Gasteiger partial charge in [0.1, 0.15) is 0 Å². The molecule has 2 N–H and O–H groups in total. The lowest BCUT2D eigenvalue weighted by atomic mass is 9.77. The van der Waals surface area contributed by atoms with Crippen molar-refractivity contribution in [3.05, 3.63) is 59.7 Å². The van der Waals surface area contributed by atoms with E-state index in [1.807, 2.05) is 67.1 Å². The highest BCUT2D eigenvalue weighted by atomic mass is 32.2. The molecular weight excluding hydrogens is 306 g/mol. The molecule has 5 nitrogen and oxygen atoms in total. The predicted octanol–water partition coefficient (Wildman–Crippen LogP) is 3.49. The quantitative estimate of drug-likeness (QED) is 0.512. The highest BCUT2D eigenvalue weighted by molar-refractivity contribution is 7.98. The van der Waals surface area contributed by atoms with Gasteiger partial charge in [-0.05, 0) is 47.3 Å². The van der Waals surface area contributed by atoms with Crippen molar-refractivity contribution in [2.24, 2.45) is 4.40 Å². The number of nitriles is 2. The Morgan fingerprint density at radius 3 is 1.70 bits per heavy atom. The summed E-state index contributed by atoms with van der Waals surface area (Å²) in [5, 5.41) is 22.6. The molecule has 0 bridgehead atoms. The molecule has 0 fully saturated rings. The molecule has 0 aliphatic carbocycles. The Labute approximate surface area is 138 Å². The van der Waals surface area contributed by atoms with Crippen LogP contribution in [-0.2, 0) is 5.41 Å². The third-order valence-electron chi connectivity index (χ3n) is 3.84. The van der Waals surface area contributed by atoms with E-state index in [1.54, 1.807) is 0 Å². The van der Waals surface area contributed by atoms with Crippen molar-refractivity contribution in [3.8, 4) is 12.4 Å². The Kier molecular flexibility index (Phi) is 4.18. The van der Waals surface area contributed by atoms with E-state index in [1.165, 1.54) is 11.9 Å². The van der Waals surface area contributed by atoms with Crippen LogP contribution in [0.2, 0.25) is 0 Å². The van der Waals surface area contributed by atoms with E-state index < -0.39 is 0 Å². The molecule has 23 heavy (non-hydrogen) atoms. The second kappa shape index (κ2) is 6.43. The highest BCUT2D eigenvalue weighted by Gasteiger charge is 2.36. The van der Waals surface area contributed by atoms with E-state index in [2.05, 4.69) is 15.0 Å². The van der Waals surface area contributed by atoms with Gasteiger partial charge in [-0.3, -0.25) is 10.6 Å².